The SMILES string of the molecule is CC(Cc1ccc2c(c1)cc(C(=O)O)n2Cc1cccc(S(=O)(=O)NC(F)(F)F)c1)NCC(O)c1cnc(N)c(C#N)c1. The molecule has 0 aliphatic carbocycles. The number of anilines is 1. The predicted octanol–water partition coefficient (Wildman–Crippen LogP) is 3.29. The molecule has 2 heterocycles. The first-order chi connectivity index (χ1) is 20.2. The second-order valence-corrected chi connectivity index (χ2v) is 11.6. The number of hydrogen-bond donors (Lipinski definition) is 5. The predicted molar refractivity (Wildman–Crippen MR) is 150 cm³/mol. The highest BCUT2D eigenvalue weighted by atomic mass is 32.2. The Morgan fingerprint density at radius 1 is 1.16 bits per heavy atom. The number of aliphatic hydroxyl groups excluding tert-OH is 1. The lowest BCUT2D eigenvalue weighted by molar-refractivity contribution is -0.138. The molecule has 0 aliphatic rings. The molecule has 0 fully saturated rings. The molecule has 2 atom stereocenters. The minimum absolute atomic E-state index is 0.0785. The summed E-state index contributed by atoms with van der Waals surface area (Å²) in [5, 5.41) is 33.3. The van der Waals surface area contributed by atoms with Gasteiger partial charge in [0.25, 0.3) is 0 Å². The molecule has 2 aromatic heterocycles. The molecule has 0 saturated heterocycles. The van der Waals surface area contributed by atoms with Gasteiger partial charge in [0.15, 0.2) is 0 Å². The summed E-state index contributed by atoms with van der Waals surface area (Å²) in [6.45, 7) is 1.97. The highest BCUT2D eigenvalue weighted by Gasteiger charge is 2.35. The van der Waals surface area contributed by atoms with Crippen molar-refractivity contribution in [2.24, 2.45) is 0 Å². The number of alkyl halides is 3. The summed E-state index contributed by atoms with van der Waals surface area (Å²) < 4.78 is 64.4. The van der Waals surface area contributed by atoms with Crippen molar-refractivity contribution in [2.45, 2.75) is 43.2 Å². The number of pyridine rings is 1. The summed E-state index contributed by atoms with van der Waals surface area (Å²) in [5.74, 6) is -1.16. The van der Waals surface area contributed by atoms with Crippen LogP contribution in [0.15, 0.2) is 65.7 Å². The zero-order valence-electron chi connectivity index (χ0n) is 22.6. The van der Waals surface area contributed by atoms with Gasteiger partial charge in [0, 0.05) is 41.8 Å². The molecule has 43 heavy (non-hydrogen) atoms. The van der Waals surface area contributed by atoms with E-state index in [9.17, 15) is 36.6 Å². The number of aromatic carboxylic acids is 1. The van der Waals surface area contributed by atoms with Crippen LogP contribution in [0.2, 0.25) is 0 Å². The van der Waals surface area contributed by atoms with Crippen LogP contribution >= 0.6 is 0 Å². The molecule has 0 saturated carbocycles. The number of sulfonamides is 1. The monoisotopic (exact) mass is 616 g/mol. The van der Waals surface area contributed by atoms with Crippen LogP contribution in [0.25, 0.3) is 10.9 Å². The molecule has 6 N–H and O–H groups in total. The number of carboxylic acid groups (broad SMARTS) is 1. The van der Waals surface area contributed by atoms with Gasteiger partial charge in [-0.2, -0.15) is 18.4 Å². The van der Waals surface area contributed by atoms with Crippen molar-refractivity contribution in [3.8, 4) is 6.07 Å². The molecule has 226 valence electrons. The molecule has 0 aliphatic heterocycles. The number of carbonyl (C=O) groups is 1. The number of fused-ring (bicyclic) bond motifs is 1. The maximum atomic E-state index is 12.7. The number of nitrogens with two attached hydrogens (primary N) is 1. The van der Waals surface area contributed by atoms with E-state index in [1.54, 1.807) is 12.1 Å². The van der Waals surface area contributed by atoms with Gasteiger partial charge in [-0.05, 0) is 60.9 Å². The Morgan fingerprint density at radius 3 is 2.58 bits per heavy atom. The number of nitrogen functional groups attached to an aromatic ring is 1. The van der Waals surface area contributed by atoms with E-state index in [0.29, 0.717) is 27.6 Å². The van der Waals surface area contributed by atoms with E-state index >= 15 is 0 Å². The van der Waals surface area contributed by atoms with Gasteiger partial charge in [0.1, 0.15) is 17.6 Å². The minimum atomic E-state index is -5.15. The van der Waals surface area contributed by atoms with Crippen molar-refractivity contribution >= 4 is 32.7 Å². The van der Waals surface area contributed by atoms with E-state index < -0.39 is 33.3 Å². The Kier molecular flexibility index (Phi) is 9.07. The third-order valence-corrected chi connectivity index (χ3v) is 8.01. The molecule has 2 unspecified atom stereocenters. The second-order valence-electron chi connectivity index (χ2n) is 9.91. The van der Waals surface area contributed by atoms with Crippen LogP contribution in [-0.2, 0) is 23.0 Å². The molecule has 0 amide bonds. The highest BCUT2D eigenvalue weighted by Crippen LogP contribution is 2.25. The fourth-order valence-electron chi connectivity index (χ4n) is 4.62. The summed E-state index contributed by atoms with van der Waals surface area (Å²) in [5.41, 5.74) is 7.83. The standard InChI is InChI=1S/C28H27F3N6O5S/c1-16(34-14-25(38)21-10-20(12-32)26(33)35-13-21)7-17-5-6-23-19(8-17)11-24(27(39)40)37(23)15-18-3-2-4-22(9-18)43(41,42)36-28(29,30)31/h2-6,8-11,13,16,25,34,36,38H,7,14-15H2,1H3,(H2,33,35)(H,39,40). The molecule has 2 aromatic carbocycles. The van der Waals surface area contributed by atoms with Gasteiger partial charge in [-0.25, -0.2) is 18.2 Å². The van der Waals surface area contributed by atoms with Gasteiger partial charge in [-0.3, -0.25) is 0 Å². The maximum absolute atomic E-state index is 12.7. The third kappa shape index (κ3) is 7.67. The number of nitrogens with zero attached hydrogens (tertiary/aromatic N) is 3. The van der Waals surface area contributed by atoms with Crippen molar-refractivity contribution in [1.82, 2.24) is 19.6 Å². The largest absolute Gasteiger partial charge is 0.477 e. The fourth-order valence-corrected chi connectivity index (χ4v) is 5.61. The van der Waals surface area contributed by atoms with Crippen LogP contribution < -0.4 is 15.8 Å². The van der Waals surface area contributed by atoms with Gasteiger partial charge in [0.05, 0.1) is 16.6 Å². The fraction of sp³-hybridized carbons (Fsp3) is 0.250. The first kappa shape index (κ1) is 31.4. The Morgan fingerprint density at radius 2 is 1.91 bits per heavy atom. The quantitative estimate of drug-likeness (QED) is 0.158. The number of benzene rings is 2. The summed E-state index contributed by atoms with van der Waals surface area (Å²) in [4.78, 5) is 15.4. The molecule has 0 spiro atoms. The summed E-state index contributed by atoms with van der Waals surface area (Å²) in [6.07, 6.45) is -4.16. The zero-order valence-corrected chi connectivity index (χ0v) is 23.4. The lowest BCUT2D eigenvalue weighted by atomic mass is 10.0. The molecule has 4 aromatic rings. The van der Waals surface area contributed by atoms with Gasteiger partial charge < -0.3 is 25.8 Å². The average Bonchev–Trinajstić information content (AvgIpc) is 3.28. The van der Waals surface area contributed by atoms with Crippen molar-refractivity contribution in [1.29, 1.82) is 5.26 Å². The number of aromatic nitrogens is 2. The number of nitriles is 1. The van der Waals surface area contributed by atoms with E-state index in [2.05, 4.69) is 10.3 Å². The number of rotatable bonds is 11. The van der Waals surface area contributed by atoms with E-state index in [1.807, 2.05) is 19.1 Å². The average molecular weight is 617 g/mol. The Hall–Kier alpha value is -4.49. The molecular formula is C28H27F3N6O5S. The lowest BCUT2D eigenvalue weighted by Gasteiger charge is -2.18. The highest BCUT2D eigenvalue weighted by molar-refractivity contribution is 7.89. The number of hydrogen-bond acceptors (Lipinski definition) is 8. The molecule has 0 radical (unpaired) electrons. The zero-order chi connectivity index (χ0) is 31.5. The lowest BCUT2D eigenvalue weighted by Crippen LogP contribution is -2.37. The van der Waals surface area contributed by atoms with Gasteiger partial charge >= 0.3 is 12.3 Å². The van der Waals surface area contributed by atoms with Crippen molar-refractivity contribution in [2.75, 3.05) is 12.3 Å². The van der Waals surface area contributed by atoms with Crippen LogP contribution in [0.4, 0.5) is 19.0 Å². The van der Waals surface area contributed by atoms with Crippen LogP contribution in [0.5, 0.6) is 0 Å². The Labute approximate surface area is 244 Å². The topological polar surface area (TPSA) is 183 Å². The number of nitrogens with one attached hydrogen (secondary N) is 2. The van der Waals surface area contributed by atoms with Crippen LogP contribution in [0, 0.1) is 11.3 Å². The van der Waals surface area contributed by atoms with Gasteiger partial charge in [0.2, 0.25) is 10.0 Å². The van der Waals surface area contributed by atoms with Crippen molar-refractivity contribution < 1.29 is 36.6 Å². The first-order valence-electron chi connectivity index (χ1n) is 12.8. The first-order valence-corrected chi connectivity index (χ1v) is 14.3. The summed E-state index contributed by atoms with van der Waals surface area (Å²) >= 11 is 0. The molecule has 11 nitrogen and oxygen atoms in total. The number of aliphatic hydroxyl groups is 1. The van der Waals surface area contributed by atoms with Crippen LogP contribution in [0.3, 0.4) is 0 Å². The number of carboxylic acids is 1. The Balaban J connectivity index is 1.50. The minimum Gasteiger partial charge on any atom is -0.477 e. The van der Waals surface area contributed by atoms with Crippen LogP contribution in [0.1, 0.15) is 45.8 Å². The molecule has 15 heteroatoms. The molecule has 4 rings (SSSR count). The molecular weight excluding hydrogens is 589 g/mol. The van der Waals surface area contributed by atoms with E-state index in [4.69, 9.17) is 11.0 Å². The summed E-state index contributed by atoms with van der Waals surface area (Å²) in [6, 6.07) is 14.9. The molecule has 0 bridgehead atoms. The number of halogens is 3. The third-order valence-electron chi connectivity index (χ3n) is 6.63. The normalized spacial score (nSPS) is 13.5. The van der Waals surface area contributed by atoms with Gasteiger partial charge in [-0.1, -0.05) is 18.2 Å². The van der Waals surface area contributed by atoms with E-state index in [1.165, 1.54) is 35.0 Å². The maximum Gasteiger partial charge on any atom is 0.470 e. The van der Waals surface area contributed by atoms with Crippen molar-refractivity contribution in [3.63, 3.8) is 0 Å². The summed E-state index contributed by atoms with van der Waals surface area (Å²) in [7, 11) is -4.88. The van der Waals surface area contributed by atoms with E-state index in [0.717, 1.165) is 17.7 Å². The van der Waals surface area contributed by atoms with E-state index in [-0.39, 0.29) is 41.8 Å². The Bertz CT molecular complexity index is 1820. The second kappa shape index (κ2) is 12.4. The van der Waals surface area contributed by atoms with Gasteiger partial charge in [-0.15, -0.1) is 4.72 Å². The van der Waals surface area contributed by atoms with Crippen molar-refractivity contribution in [3.05, 3.63) is 88.7 Å². The smallest absolute Gasteiger partial charge is 0.470 e. The van der Waals surface area contributed by atoms with Crippen LogP contribution in [-0.4, -0.2) is 53.0 Å².